The average Bonchev–Trinajstić information content (AvgIpc) is 2.80. The molecule has 0 aliphatic heterocycles. The number of furan rings is 1. The molecule has 3 rings (SSSR count). The summed E-state index contributed by atoms with van der Waals surface area (Å²) in [6, 6.07) is 6.67. The van der Waals surface area contributed by atoms with E-state index < -0.39 is 5.60 Å². The maximum Gasteiger partial charge on any atom is 0.170 e. The van der Waals surface area contributed by atoms with Crippen LogP contribution < -0.4 is 0 Å². The van der Waals surface area contributed by atoms with Gasteiger partial charge >= 0.3 is 0 Å². The number of hydrogen-bond acceptors (Lipinski definition) is 2. The number of fused-ring (bicyclic) bond motifs is 1. The Morgan fingerprint density at radius 1 is 1.35 bits per heavy atom. The Morgan fingerprint density at radius 3 is 2.95 bits per heavy atom. The molecule has 1 aromatic heterocycles. The quantitative estimate of drug-likeness (QED) is 0.803. The van der Waals surface area contributed by atoms with Crippen LogP contribution in [0.5, 0.6) is 0 Å². The van der Waals surface area contributed by atoms with E-state index in [9.17, 15) is 9.50 Å². The van der Waals surface area contributed by atoms with E-state index in [1.54, 1.807) is 12.1 Å². The molecule has 0 bridgehead atoms. The minimum absolute atomic E-state index is 0.257. The van der Waals surface area contributed by atoms with Gasteiger partial charge in [0.1, 0.15) is 11.4 Å². The summed E-state index contributed by atoms with van der Waals surface area (Å²) in [5.41, 5.74) is -0.678. The molecular formula is C17H21FO2. The predicted molar refractivity (Wildman–Crippen MR) is 76.9 cm³/mol. The second-order valence-electron chi connectivity index (χ2n) is 6.01. The van der Waals surface area contributed by atoms with Crippen molar-refractivity contribution in [1.29, 1.82) is 0 Å². The summed E-state index contributed by atoms with van der Waals surface area (Å²) in [5, 5.41) is 11.6. The molecule has 1 saturated carbocycles. The zero-order valence-electron chi connectivity index (χ0n) is 11.9. The maximum absolute atomic E-state index is 13.7. The van der Waals surface area contributed by atoms with Gasteiger partial charge in [-0.25, -0.2) is 4.39 Å². The number of benzene rings is 1. The summed E-state index contributed by atoms with van der Waals surface area (Å²) in [6.45, 7) is 2.20. The van der Waals surface area contributed by atoms with Gasteiger partial charge < -0.3 is 9.52 Å². The number of hydrogen-bond donors (Lipinski definition) is 1. The second kappa shape index (κ2) is 5.21. The van der Waals surface area contributed by atoms with Crippen molar-refractivity contribution in [2.75, 3.05) is 0 Å². The largest absolute Gasteiger partial charge is 0.455 e. The number of aliphatic hydroxyl groups is 1. The Kier molecular flexibility index (Phi) is 3.55. The molecule has 2 aromatic rings. The van der Waals surface area contributed by atoms with Crippen molar-refractivity contribution < 1.29 is 13.9 Å². The standard InChI is InChI=1S/C17H21FO2/c1-2-12-5-4-9-17(19,10-8-12)15-11-13-6-3-7-14(18)16(13)20-15/h3,6-7,11-12,19H,2,4-5,8-10H2,1H3. The van der Waals surface area contributed by atoms with Crippen LogP contribution >= 0.6 is 0 Å². The van der Waals surface area contributed by atoms with Crippen LogP contribution in [-0.4, -0.2) is 5.11 Å². The van der Waals surface area contributed by atoms with E-state index in [1.165, 1.54) is 6.07 Å². The van der Waals surface area contributed by atoms with Gasteiger partial charge in [0, 0.05) is 5.39 Å². The summed E-state index contributed by atoms with van der Waals surface area (Å²) in [6.07, 6.45) is 5.72. The van der Waals surface area contributed by atoms with Gasteiger partial charge in [-0.1, -0.05) is 31.9 Å². The SMILES string of the molecule is CCC1CCCC(O)(c2cc3cccc(F)c3o2)CC1. The smallest absolute Gasteiger partial charge is 0.170 e. The molecule has 1 fully saturated rings. The highest BCUT2D eigenvalue weighted by Gasteiger charge is 2.35. The van der Waals surface area contributed by atoms with Gasteiger partial charge in [0.25, 0.3) is 0 Å². The Hall–Kier alpha value is -1.35. The van der Waals surface area contributed by atoms with E-state index in [1.807, 2.05) is 6.07 Å². The number of halogens is 1. The first-order valence-electron chi connectivity index (χ1n) is 7.53. The molecule has 2 atom stereocenters. The van der Waals surface area contributed by atoms with Crippen LogP contribution in [-0.2, 0) is 5.60 Å². The third-order valence-electron chi connectivity index (χ3n) is 4.70. The fourth-order valence-corrected chi connectivity index (χ4v) is 3.31. The first-order valence-corrected chi connectivity index (χ1v) is 7.53. The van der Waals surface area contributed by atoms with Crippen molar-refractivity contribution >= 4 is 11.0 Å². The first-order chi connectivity index (χ1) is 9.62. The van der Waals surface area contributed by atoms with Gasteiger partial charge in [-0.3, -0.25) is 0 Å². The van der Waals surface area contributed by atoms with Gasteiger partial charge in [0.2, 0.25) is 0 Å². The topological polar surface area (TPSA) is 33.4 Å². The Balaban J connectivity index is 1.94. The Morgan fingerprint density at radius 2 is 2.20 bits per heavy atom. The zero-order chi connectivity index (χ0) is 14.2. The maximum atomic E-state index is 13.7. The van der Waals surface area contributed by atoms with Crippen molar-refractivity contribution in [3.05, 3.63) is 35.8 Å². The molecule has 3 heteroatoms. The lowest BCUT2D eigenvalue weighted by atomic mass is 9.90. The third kappa shape index (κ3) is 2.35. The predicted octanol–water partition coefficient (Wildman–Crippen LogP) is 4.75. The molecule has 1 aromatic carbocycles. The molecule has 108 valence electrons. The van der Waals surface area contributed by atoms with Crippen LogP contribution in [0.15, 0.2) is 28.7 Å². The molecular weight excluding hydrogens is 255 g/mol. The first kappa shape index (κ1) is 13.6. The lowest BCUT2D eigenvalue weighted by Crippen LogP contribution is -2.24. The lowest BCUT2D eigenvalue weighted by molar-refractivity contribution is 0.0000324. The fourth-order valence-electron chi connectivity index (χ4n) is 3.31. The minimum atomic E-state index is -0.935. The van der Waals surface area contributed by atoms with Gasteiger partial charge in [-0.2, -0.15) is 0 Å². The summed E-state index contributed by atoms with van der Waals surface area (Å²) in [7, 11) is 0. The molecule has 0 spiro atoms. The number of para-hydroxylation sites is 1. The molecule has 1 heterocycles. The Bertz CT molecular complexity index is 604. The van der Waals surface area contributed by atoms with E-state index in [2.05, 4.69) is 6.92 Å². The second-order valence-corrected chi connectivity index (χ2v) is 6.01. The Labute approximate surface area is 118 Å². The minimum Gasteiger partial charge on any atom is -0.455 e. The van der Waals surface area contributed by atoms with E-state index in [0.717, 1.165) is 31.1 Å². The summed E-state index contributed by atoms with van der Waals surface area (Å²) in [4.78, 5) is 0. The third-order valence-corrected chi connectivity index (χ3v) is 4.70. The normalized spacial score (nSPS) is 27.6. The molecule has 1 aliphatic rings. The van der Waals surface area contributed by atoms with Crippen LogP contribution in [0, 0.1) is 11.7 Å². The number of rotatable bonds is 2. The van der Waals surface area contributed by atoms with E-state index in [4.69, 9.17) is 4.42 Å². The summed E-state index contributed by atoms with van der Waals surface area (Å²) >= 11 is 0. The summed E-state index contributed by atoms with van der Waals surface area (Å²) < 4.78 is 19.4. The van der Waals surface area contributed by atoms with Crippen molar-refractivity contribution in [2.24, 2.45) is 5.92 Å². The van der Waals surface area contributed by atoms with Crippen molar-refractivity contribution in [2.45, 2.75) is 51.0 Å². The van der Waals surface area contributed by atoms with Crippen LogP contribution in [0.3, 0.4) is 0 Å². The molecule has 2 nitrogen and oxygen atoms in total. The van der Waals surface area contributed by atoms with Crippen molar-refractivity contribution in [3.8, 4) is 0 Å². The van der Waals surface area contributed by atoms with Gasteiger partial charge in [0.15, 0.2) is 11.4 Å². The van der Waals surface area contributed by atoms with Crippen LogP contribution in [0.2, 0.25) is 0 Å². The van der Waals surface area contributed by atoms with E-state index in [0.29, 0.717) is 24.5 Å². The zero-order valence-corrected chi connectivity index (χ0v) is 11.9. The van der Waals surface area contributed by atoms with Crippen LogP contribution in [0.25, 0.3) is 11.0 Å². The lowest BCUT2D eigenvalue weighted by Gasteiger charge is -2.24. The molecule has 1 aliphatic carbocycles. The van der Waals surface area contributed by atoms with E-state index >= 15 is 0 Å². The molecule has 1 N–H and O–H groups in total. The van der Waals surface area contributed by atoms with Gasteiger partial charge in [-0.15, -0.1) is 0 Å². The van der Waals surface area contributed by atoms with Crippen molar-refractivity contribution in [1.82, 2.24) is 0 Å². The average molecular weight is 276 g/mol. The molecule has 0 amide bonds. The highest BCUT2D eigenvalue weighted by Crippen LogP contribution is 2.40. The monoisotopic (exact) mass is 276 g/mol. The van der Waals surface area contributed by atoms with E-state index in [-0.39, 0.29) is 11.4 Å². The van der Waals surface area contributed by atoms with Crippen LogP contribution in [0.1, 0.15) is 51.2 Å². The molecule has 0 radical (unpaired) electrons. The van der Waals surface area contributed by atoms with Gasteiger partial charge in [0.05, 0.1) is 0 Å². The molecule has 20 heavy (non-hydrogen) atoms. The molecule has 2 unspecified atom stereocenters. The highest BCUT2D eigenvalue weighted by molar-refractivity contribution is 5.78. The van der Waals surface area contributed by atoms with Gasteiger partial charge in [-0.05, 0) is 43.7 Å². The fraction of sp³-hybridized carbons (Fsp3) is 0.529. The van der Waals surface area contributed by atoms with Crippen LogP contribution in [0.4, 0.5) is 4.39 Å². The highest BCUT2D eigenvalue weighted by atomic mass is 19.1. The summed E-state index contributed by atoms with van der Waals surface area (Å²) in [5.74, 6) is 0.844. The van der Waals surface area contributed by atoms with Crippen molar-refractivity contribution in [3.63, 3.8) is 0 Å². The molecule has 0 saturated heterocycles.